The van der Waals surface area contributed by atoms with Gasteiger partial charge in [-0.2, -0.15) is 0 Å². The highest BCUT2D eigenvalue weighted by Crippen LogP contribution is 2.15. The summed E-state index contributed by atoms with van der Waals surface area (Å²) in [6.45, 7) is 0. The van der Waals surface area contributed by atoms with E-state index in [9.17, 15) is 10.1 Å². The summed E-state index contributed by atoms with van der Waals surface area (Å²) in [4.78, 5) is 10.1. The summed E-state index contributed by atoms with van der Waals surface area (Å²) in [6.07, 6.45) is 3.89. The Morgan fingerprint density at radius 2 is 1.33 bits per heavy atom. The Morgan fingerprint density at radius 3 is 1.78 bits per heavy atom. The van der Waals surface area contributed by atoms with Crippen LogP contribution in [0.15, 0.2) is 53.0 Å². The molecule has 18 heavy (non-hydrogen) atoms. The van der Waals surface area contributed by atoms with Crippen molar-refractivity contribution in [1.82, 2.24) is 0 Å². The predicted octanol–water partition coefficient (Wildman–Crippen LogP) is 4.53. The van der Waals surface area contributed by atoms with Crippen LogP contribution in [-0.4, -0.2) is 4.92 Å². The van der Waals surface area contributed by atoms with Gasteiger partial charge in [-0.25, -0.2) is 0 Å². The maximum atomic E-state index is 10.5. The van der Waals surface area contributed by atoms with Crippen LogP contribution in [0.4, 0.5) is 5.69 Å². The van der Waals surface area contributed by atoms with Gasteiger partial charge in [-0.05, 0) is 35.4 Å². The van der Waals surface area contributed by atoms with Gasteiger partial charge in [0.05, 0.1) is 4.92 Å². The molecule has 0 aliphatic heterocycles. The number of rotatable bonds is 3. The highest BCUT2D eigenvalue weighted by molar-refractivity contribution is 9.10. The first-order valence-corrected chi connectivity index (χ1v) is 6.12. The average molecular weight is 304 g/mol. The molecule has 0 fully saturated rings. The first kappa shape index (κ1) is 12.5. The van der Waals surface area contributed by atoms with Gasteiger partial charge >= 0.3 is 0 Å². The Hall–Kier alpha value is -1.94. The lowest BCUT2D eigenvalue weighted by Crippen LogP contribution is -1.86. The van der Waals surface area contributed by atoms with Crippen molar-refractivity contribution < 1.29 is 4.92 Å². The predicted molar refractivity (Wildman–Crippen MR) is 76.2 cm³/mol. The molecule has 4 heteroatoms. The molecule has 0 amide bonds. The molecule has 90 valence electrons. The van der Waals surface area contributed by atoms with Gasteiger partial charge in [0.1, 0.15) is 0 Å². The zero-order valence-electron chi connectivity index (χ0n) is 9.42. The Bertz CT molecular complexity index is 574. The van der Waals surface area contributed by atoms with E-state index in [1.165, 1.54) is 12.1 Å². The molecule has 2 aromatic rings. The maximum Gasteiger partial charge on any atom is 0.269 e. The van der Waals surface area contributed by atoms with Gasteiger partial charge in [0.25, 0.3) is 5.69 Å². The standard InChI is InChI=1S/C14H10BrNO2/c15-13-7-3-11(4-8-13)1-2-12-5-9-14(10-6-12)16(17)18/h1-10H/b2-1+. The molecule has 0 heterocycles. The van der Waals surface area contributed by atoms with E-state index in [4.69, 9.17) is 0 Å². The molecule has 2 rings (SSSR count). The van der Waals surface area contributed by atoms with Crippen LogP contribution in [0, 0.1) is 10.1 Å². The van der Waals surface area contributed by atoms with Crippen molar-refractivity contribution in [2.45, 2.75) is 0 Å². The zero-order chi connectivity index (χ0) is 13.0. The van der Waals surface area contributed by atoms with Crippen LogP contribution in [0.2, 0.25) is 0 Å². The Labute approximate surface area is 113 Å². The minimum absolute atomic E-state index is 0.107. The second kappa shape index (κ2) is 5.60. The molecule has 0 saturated heterocycles. The van der Waals surface area contributed by atoms with E-state index >= 15 is 0 Å². The Balaban J connectivity index is 2.13. The molecule has 0 aliphatic rings. The van der Waals surface area contributed by atoms with E-state index in [1.807, 2.05) is 36.4 Å². The summed E-state index contributed by atoms with van der Waals surface area (Å²) in [6, 6.07) is 14.4. The number of nitro benzene ring substituents is 1. The number of nitrogens with zero attached hydrogens (tertiary/aromatic N) is 1. The van der Waals surface area contributed by atoms with Gasteiger partial charge in [0, 0.05) is 16.6 Å². The van der Waals surface area contributed by atoms with Crippen LogP contribution in [0.5, 0.6) is 0 Å². The zero-order valence-corrected chi connectivity index (χ0v) is 11.0. The van der Waals surface area contributed by atoms with Crippen molar-refractivity contribution in [3.8, 4) is 0 Å². The highest BCUT2D eigenvalue weighted by atomic mass is 79.9. The highest BCUT2D eigenvalue weighted by Gasteiger charge is 2.01. The normalized spacial score (nSPS) is 10.7. The fraction of sp³-hybridized carbons (Fsp3) is 0. The molecular formula is C14H10BrNO2. The Kier molecular flexibility index (Phi) is 3.89. The third-order valence-electron chi connectivity index (χ3n) is 2.44. The van der Waals surface area contributed by atoms with Crippen LogP contribution in [0.1, 0.15) is 11.1 Å². The monoisotopic (exact) mass is 303 g/mol. The van der Waals surface area contributed by atoms with Crippen molar-refractivity contribution in [1.29, 1.82) is 0 Å². The van der Waals surface area contributed by atoms with Crippen molar-refractivity contribution in [2.24, 2.45) is 0 Å². The minimum Gasteiger partial charge on any atom is -0.258 e. The summed E-state index contributed by atoms with van der Waals surface area (Å²) in [5.74, 6) is 0. The third-order valence-corrected chi connectivity index (χ3v) is 2.97. The molecule has 0 N–H and O–H groups in total. The van der Waals surface area contributed by atoms with Crippen LogP contribution in [-0.2, 0) is 0 Å². The molecule has 0 unspecified atom stereocenters. The van der Waals surface area contributed by atoms with E-state index in [2.05, 4.69) is 15.9 Å². The lowest BCUT2D eigenvalue weighted by atomic mass is 10.1. The lowest BCUT2D eigenvalue weighted by molar-refractivity contribution is -0.384. The fourth-order valence-electron chi connectivity index (χ4n) is 1.47. The largest absolute Gasteiger partial charge is 0.269 e. The number of non-ortho nitro benzene ring substituents is 1. The summed E-state index contributed by atoms with van der Waals surface area (Å²) >= 11 is 3.38. The second-order valence-corrected chi connectivity index (χ2v) is 4.65. The number of benzene rings is 2. The third kappa shape index (κ3) is 3.28. The van der Waals surface area contributed by atoms with E-state index < -0.39 is 4.92 Å². The van der Waals surface area contributed by atoms with E-state index in [1.54, 1.807) is 12.1 Å². The second-order valence-electron chi connectivity index (χ2n) is 3.73. The minimum atomic E-state index is -0.401. The molecule has 0 aliphatic carbocycles. The van der Waals surface area contributed by atoms with Crippen molar-refractivity contribution in [2.75, 3.05) is 0 Å². The molecule has 3 nitrogen and oxygen atoms in total. The van der Waals surface area contributed by atoms with Gasteiger partial charge in [-0.1, -0.05) is 40.2 Å². The number of hydrogen-bond donors (Lipinski definition) is 0. The fourth-order valence-corrected chi connectivity index (χ4v) is 1.74. The molecular weight excluding hydrogens is 294 g/mol. The van der Waals surface area contributed by atoms with Gasteiger partial charge in [-0.3, -0.25) is 10.1 Å². The molecule has 0 spiro atoms. The van der Waals surface area contributed by atoms with Crippen molar-refractivity contribution in [3.63, 3.8) is 0 Å². The molecule has 0 bridgehead atoms. The smallest absolute Gasteiger partial charge is 0.258 e. The average Bonchev–Trinajstić information content (AvgIpc) is 2.38. The summed E-state index contributed by atoms with van der Waals surface area (Å²) in [5, 5.41) is 10.5. The van der Waals surface area contributed by atoms with Crippen LogP contribution >= 0.6 is 15.9 Å². The molecule has 0 aromatic heterocycles. The van der Waals surface area contributed by atoms with Gasteiger partial charge in [-0.15, -0.1) is 0 Å². The first-order valence-electron chi connectivity index (χ1n) is 5.33. The topological polar surface area (TPSA) is 43.1 Å². The summed E-state index contributed by atoms with van der Waals surface area (Å²) in [7, 11) is 0. The van der Waals surface area contributed by atoms with Crippen LogP contribution < -0.4 is 0 Å². The van der Waals surface area contributed by atoms with Crippen molar-refractivity contribution >= 4 is 33.8 Å². The van der Waals surface area contributed by atoms with E-state index in [0.29, 0.717) is 0 Å². The van der Waals surface area contributed by atoms with Crippen LogP contribution in [0.25, 0.3) is 12.2 Å². The van der Waals surface area contributed by atoms with Crippen molar-refractivity contribution in [3.05, 3.63) is 74.2 Å². The van der Waals surface area contributed by atoms with E-state index in [0.717, 1.165) is 15.6 Å². The summed E-state index contributed by atoms with van der Waals surface area (Å²) < 4.78 is 1.04. The van der Waals surface area contributed by atoms with Crippen LogP contribution in [0.3, 0.4) is 0 Å². The van der Waals surface area contributed by atoms with E-state index in [-0.39, 0.29) is 5.69 Å². The Morgan fingerprint density at radius 1 is 0.889 bits per heavy atom. The number of hydrogen-bond acceptors (Lipinski definition) is 2. The quantitative estimate of drug-likeness (QED) is 0.475. The van der Waals surface area contributed by atoms with Gasteiger partial charge in [0.2, 0.25) is 0 Å². The first-order chi connectivity index (χ1) is 8.65. The molecule has 0 saturated carbocycles. The lowest BCUT2D eigenvalue weighted by Gasteiger charge is -1.95. The maximum absolute atomic E-state index is 10.5. The summed E-state index contributed by atoms with van der Waals surface area (Å²) in [5.41, 5.74) is 2.12. The number of halogens is 1. The molecule has 0 atom stereocenters. The molecule has 0 radical (unpaired) electrons. The van der Waals surface area contributed by atoms with Gasteiger partial charge in [0.15, 0.2) is 0 Å². The van der Waals surface area contributed by atoms with Gasteiger partial charge < -0.3 is 0 Å². The SMILES string of the molecule is O=[N+]([O-])c1ccc(/C=C/c2ccc(Br)cc2)cc1. The molecule has 2 aromatic carbocycles. The number of nitro groups is 1.